The van der Waals surface area contributed by atoms with Crippen LogP contribution in [0.3, 0.4) is 0 Å². The first-order valence-corrected chi connectivity index (χ1v) is 3.96. The van der Waals surface area contributed by atoms with Gasteiger partial charge in [0.1, 0.15) is 0 Å². The minimum atomic E-state index is -4.08. The number of hydroxylamine groups is 1. The summed E-state index contributed by atoms with van der Waals surface area (Å²) in [4.78, 5) is 4.75. The van der Waals surface area contributed by atoms with Crippen molar-refractivity contribution in [1.29, 1.82) is 0 Å². The number of methoxy groups -OCH3 is 1. The molecule has 3 nitrogen and oxygen atoms in total. The van der Waals surface area contributed by atoms with E-state index in [-0.39, 0.29) is 13.0 Å². The maximum Gasteiger partial charge on any atom is 0.389 e. The van der Waals surface area contributed by atoms with Crippen LogP contribution in [-0.4, -0.2) is 33.0 Å². The van der Waals surface area contributed by atoms with Crippen LogP contribution < -0.4 is 5.48 Å². The molecule has 0 aliphatic carbocycles. The quantitative estimate of drug-likeness (QED) is 0.500. The molecule has 0 saturated heterocycles. The maximum absolute atomic E-state index is 11.6. The van der Waals surface area contributed by atoms with Crippen molar-refractivity contribution in [3.63, 3.8) is 0 Å². The summed E-state index contributed by atoms with van der Waals surface area (Å²) < 4.78 is 39.4. The fraction of sp³-hybridized carbons (Fsp3) is 1.00. The minimum Gasteiger partial charge on any atom is -0.382 e. The fourth-order valence-corrected chi connectivity index (χ4v) is 0.630. The first kappa shape index (κ1) is 12.7. The van der Waals surface area contributed by atoms with Crippen LogP contribution in [0.4, 0.5) is 13.2 Å². The molecule has 0 rings (SSSR count). The zero-order valence-corrected chi connectivity index (χ0v) is 7.49. The average molecular weight is 201 g/mol. The van der Waals surface area contributed by atoms with Gasteiger partial charge in [-0.3, -0.25) is 4.84 Å². The molecule has 1 N–H and O–H groups in total. The average Bonchev–Trinajstić information content (AvgIpc) is 2.01. The van der Waals surface area contributed by atoms with E-state index in [4.69, 9.17) is 4.84 Å². The normalized spacial score (nSPS) is 12.0. The molecule has 0 heterocycles. The van der Waals surface area contributed by atoms with Gasteiger partial charge in [0.05, 0.1) is 13.2 Å². The van der Waals surface area contributed by atoms with Gasteiger partial charge >= 0.3 is 6.18 Å². The van der Waals surface area contributed by atoms with Crippen molar-refractivity contribution in [2.75, 3.05) is 26.9 Å². The lowest BCUT2D eigenvalue weighted by atomic mass is 10.3. The first-order chi connectivity index (χ1) is 6.06. The molecular formula is C7H14F3NO2. The molecule has 0 aliphatic rings. The number of nitrogens with one attached hydrogen (secondary N) is 1. The third-order valence-electron chi connectivity index (χ3n) is 1.23. The van der Waals surface area contributed by atoms with Gasteiger partial charge in [0.2, 0.25) is 0 Å². The van der Waals surface area contributed by atoms with E-state index < -0.39 is 12.6 Å². The number of hydrogen-bond acceptors (Lipinski definition) is 3. The highest BCUT2D eigenvalue weighted by atomic mass is 19.4. The molecule has 0 spiro atoms. The Morgan fingerprint density at radius 3 is 2.46 bits per heavy atom. The molecule has 0 atom stereocenters. The molecule has 0 aromatic heterocycles. The summed E-state index contributed by atoms with van der Waals surface area (Å²) in [5.74, 6) is 0. The second-order valence-electron chi connectivity index (χ2n) is 2.45. The van der Waals surface area contributed by atoms with E-state index >= 15 is 0 Å². The SMILES string of the molecule is COCCONCCCC(F)(F)F. The zero-order chi connectivity index (χ0) is 10.2. The highest BCUT2D eigenvalue weighted by Crippen LogP contribution is 2.20. The van der Waals surface area contributed by atoms with Crippen LogP contribution in [0.25, 0.3) is 0 Å². The van der Waals surface area contributed by atoms with Crippen LogP contribution in [0.15, 0.2) is 0 Å². The van der Waals surface area contributed by atoms with Gasteiger partial charge in [0.15, 0.2) is 0 Å². The monoisotopic (exact) mass is 201 g/mol. The Hall–Kier alpha value is -0.330. The Labute approximate surface area is 75.2 Å². The van der Waals surface area contributed by atoms with E-state index in [0.29, 0.717) is 13.2 Å². The van der Waals surface area contributed by atoms with E-state index in [0.717, 1.165) is 0 Å². The number of rotatable bonds is 7. The van der Waals surface area contributed by atoms with Crippen LogP contribution in [0.2, 0.25) is 0 Å². The van der Waals surface area contributed by atoms with E-state index in [1.165, 1.54) is 7.11 Å². The van der Waals surface area contributed by atoms with E-state index in [2.05, 4.69) is 10.2 Å². The van der Waals surface area contributed by atoms with Crippen LogP contribution in [-0.2, 0) is 9.57 Å². The van der Waals surface area contributed by atoms with Crippen molar-refractivity contribution in [2.45, 2.75) is 19.0 Å². The smallest absolute Gasteiger partial charge is 0.382 e. The standard InChI is InChI=1S/C7H14F3NO2/c1-12-5-6-13-11-4-2-3-7(8,9)10/h11H,2-6H2,1H3. The fourth-order valence-electron chi connectivity index (χ4n) is 0.630. The lowest BCUT2D eigenvalue weighted by molar-refractivity contribution is -0.136. The summed E-state index contributed by atoms with van der Waals surface area (Å²) in [5, 5.41) is 0. The molecule has 6 heteroatoms. The summed E-state index contributed by atoms with van der Waals surface area (Å²) in [6.07, 6.45) is -4.83. The van der Waals surface area contributed by atoms with Gasteiger partial charge < -0.3 is 4.74 Å². The molecular weight excluding hydrogens is 187 g/mol. The van der Waals surface area contributed by atoms with Gasteiger partial charge in [0.25, 0.3) is 0 Å². The van der Waals surface area contributed by atoms with Crippen molar-refractivity contribution >= 4 is 0 Å². The van der Waals surface area contributed by atoms with Gasteiger partial charge in [-0.25, -0.2) is 5.48 Å². The molecule has 0 aromatic rings. The maximum atomic E-state index is 11.6. The van der Waals surface area contributed by atoms with Crippen molar-refractivity contribution in [3.8, 4) is 0 Å². The molecule has 80 valence electrons. The van der Waals surface area contributed by atoms with Crippen LogP contribution >= 0.6 is 0 Å². The third-order valence-corrected chi connectivity index (χ3v) is 1.23. The second kappa shape index (κ2) is 7.11. The summed E-state index contributed by atoms with van der Waals surface area (Å²) in [7, 11) is 1.52. The van der Waals surface area contributed by atoms with E-state index in [1.54, 1.807) is 0 Å². The Bertz CT molecular complexity index is 119. The Morgan fingerprint density at radius 1 is 1.23 bits per heavy atom. The molecule has 0 bridgehead atoms. The second-order valence-corrected chi connectivity index (χ2v) is 2.45. The topological polar surface area (TPSA) is 30.5 Å². The summed E-state index contributed by atoms with van der Waals surface area (Å²) in [5.41, 5.74) is 2.41. The summed E-state index contributed by atoms with van der Waals surface area (Å²) in [6.45, 7) is 0.956. The predicted molar refractivity (Wildman–Crippen MR) is 41.1 cm³/mol. The Balaban J connectivity index is 3.00. The number of ether oxygens (including phenoxy) is 1. The summed E-state index contributed by atoms with van der Waals surface area (Å²) in [6, 6.07) is 0. The van der Waals surface area contributed by atoms with Gasteiger partial charge in [-0.15, -0.1) is 0 Å². The molecule has 0 amide bonds. The van der Waals surface area contributed by atoms with Crippen molar-refractivity contribution < 1.29 is 22.7 Å². The number of halogens is 3. The van der Waals surface area contributed by atoms with Crippen molar-refractivity contribution in [1.82, 2.24) is 5.48 Å². The van der Waals surface area contributed by atoms with Crippen molar-refractivity contribution in [3.05, 3.63) is 0 Å². The first-order valence-electron chi connectivity index (χ1n) is 3.96. The number of alkyl halides is 3. The third kappa shape index (κ3) is 11.7. The predicted octanol–water partition coefficient (Wildman–Crippen LogP) is 1.50. The van der Waals surface area contributed by atoms with Gasteiger partial charge in [-0.05, 0) is 6.42 Å². The lowest BCUT2D eigenvalue weighted by Gasteiger charge is -2.07. The van der Waals surface area contributed by atoms with Crippen LogP contribution in [0.1, 0.15) is 12.8 Å². The molecule has 0 saturated carbocycles. The molecule has 0 radical (unpaired) electrons. The Morgan fingerprint density at radius 2 is 1.92 bits per heavy atom. The summed E-state index contributed by atoms with van der Waals surface area (Å²) >= 11 is 0. The molecule has 0 unspecified atom stereocenters. The van der Waals surface area contributed by atoms with Crippen molar-refractivity contribution in [2.24, 2.45) is 0 Å². The Kier molecular flexibility index (Phi) is 6.93. The van der Waals surface area contributed by atoms with Gasteiger partial charge in [-0.2, -0.15) is 13.2 Å². The van der Waals surface area contributed by atoms with Crippen LogP contribution in [0, 0.1) is 0 Å². The molecule has 0 aromatic carbocycles. The minimum absolute atomic E-state index is 0.0243. The van der Waals surface area contributed by atoms with Gasteiger partial charge in [-0.1, -0.05) is 0 Å². The van der Waals surface area contributed by atoms with E-state index in [9.17, 15) is 13.2 Å². The molecule has 0 fully saturated rings. The molecule has 13 heavy (non-hydrogen) atoms. The largest absolute Gasteiger partial charge is 0.389 e. The van der Waals surface area contributed by atoms with Crippen LogP contribution in [0.5, 0.6) is 0 Å². The zero-order valence-electron chi connectivity index (χ0n) is 7.49. The lowest BCUT2D eigenvalue weighted by Crippen LogP contribution is -2.20. The molecule has 0 aliphatic heterocycles. The highest BCUT2D eigenvalue weighted by Gasteiger charge is 2.25. The number of hydrogen-bond donors (Lipinski definition) is 1. The highest BCUT2D eigenvalue weighted by molar-refractivity contribution is 4.50. The van der Waals surface area contributed by atoms with E-state index in [1.807, 2.05) is 0 Å². The van der Waals surface area contributed by atoms with Gasteiger partial charge in [0, 0.05) is 20.1 Å².